The maximum Gasteiger partial charge on any atom is 0.353 e. The molecule has 76 valence electrons. The van der Waals surface area contributed by atoms with E-state index in [9.17, 15) is 14.4 Å². The zero-order chi connectivity index (χ0) is 10.9. The van der Waals surface area contributed by atoms with Gasteiger partial charge in [0.15, 0.2) is 0 Å². The molecule has 1 aromatic rings. The fourth-order valence-corrected chi connectivity index (χ4v) is 0.918. The molecule has 0 saturated heterocycles. The number of aromatic nitrogens is 2. The van der Waals surface area contributed by atoms with Gasteiger partial charge in [0, 0.05) is 6.07 Å². The molecular weight excluding hydrogens is 192 g/mol. The number of carboxylic acids is 2. The van der Waals surface area contributed by atoms with E-state index in [2.05, 4.69) is 5.10 Å². The molecule has 0 amide bonds. The average molecular weight is 200 g/mol. The Balaban J connectivity index is 3.17. The van der Waals surface area contributed by atoms with Crippen LogP contribution >= 0.6 is 0 Å². The van der Waals surface area contributed by atoms with E-state index in [4.69, 9.17) is 10.2 Å². The molecule has 1 rings (SSSR count). The van der Waals surface area contributed by atoms with Gasteiger partial charge in [-0.25, -0.2) is 14.3 Å². The molecule has 0 aliphatic heterocycles. The second-order valence-corrected chi connectivity index (χ2v) is 2.70. The highest BCUT2D eigenvalue weighted by Crippen LogP contribution is 2.01. The Bertz CT molecular complexity index is 430. The minimum atomic E-state index is -1.31. The minimum absolute atomic E-state index is 0.330. The Morgan fingerprint density at radius 3 is 2.43 bits per heavy atom. The number of nitrogens with zero attached hydrogens (tertiary/aromatic N) is 1. The summed E-state index contributed by atoms with van der Waals surface area (Å²) in [5.74, 6) is -2.52. The van der Waals surface area contributed by atoms with Gasteiger partial charge in [0.25, 0.3) is 5.56 Å². The zero-order valence-electron chi connectivity index (χ0n) is 7.22. The lowest BCUT2D eigenvalue weighted by atomic mass is 10.3. The van der Waals surface area contributed by atoms with Crippen molar-refractivity contribution in [1.82, 2.24) is 9.78 Å². The first-order valence-electron chi connectivity index (χ1n) is 3.71. The largest absolute Gasteiger partial charge is 0.480 e. The van der Waals surface area contributed by atoms with Gasteiger partial charge in [0.2, 0.25) is 0 Å². The van der Waals surface area contributed by atoms with E-state index in [1.807, 2.05) is 0 Å². The predicted molar refractivity (Wildman–Crippen MR) is 44.4 cm³/mol. The quantitative estimate of drug-likeness (QED) is 0.610. The number of H-pyrrole nitrogens is 1. The van der Waals surface area contributed by atoms with Crippen LogP contribution in [0.3, 0.4) is 0 Å². The predicted octanol–water partition coefficient (Wildman–Crippen LogP) is -0.480. The standard InChI is InChI=1S/C7H8N2O5/c1-3(6(11)12)9-5(10)2-4(8-9)7(13)14/h2-3,8H,1H3,(H,11,12)(H,13,14). The third-order valence-electron chi connectivity index (χ3n) is 1.72. The monoisotopic (exact) mass is 200 g/mol. The van der Waals surface area contributed by atoms with Crippen LogP contribution in [-0.4, -0.2) is 31.9 Å². The Kier molecular flexibility index (Phi) is 2.41. The second kappa shape index (κ2) is 3.36. The summed E-state index contributed by atoms with van der Waals surface area (Å²) < 4.78 is 0.742. The molecule has 0 aromatic carbocycles. The molecule has 7 heteroatoms. The Labute approximate surface area is 77.6 Å². The van der Waals surface area contributed by atoms with Crippen molar-refractivity contribution in [2.75, 3.05) is 0 Å². The van der Waals surface area contributed by atoms with Gasteiger partial charge < -0.3 is 10.2 Å². The van der Waals surface area contributed by atoms with Gasteiger partial charge in [0.05, 0.1) is 0 Å². The SMILES string of the molecule is CC(C(=O)O)n1[nH]c(C(=O)O)cc1=O. The summed E-state index contributed by atoms with van der Waals surface area (Å²) in [5.41, 5.74) is -1.01. The highest BCUT2D eigenvalue weighted by atomic mass is 16.4. The molecule has 1 unspecified atom stereocenters. The molecule has 14 heavy (non-hydrogen) atoms. The number of carbonyl (C=O) groups is 2. The summed E-state index contributed by atoms with van der Waals surface area (Å²) in [6.07, 6.45) is 0. The van der Waals surface area contributed by atoms with Crippen LogP contribution in [0.4, 0.5) is 0 Å². The maximum atomic E-state index is 11.1. The number of aliphatic carboxylic acids is 1. The molecule has 0 aliphatic carbocycles. The van der Waals surface area contributed by atoms with Crippen LogP contribution in [0.5, 0.6) is 0 Å². The van der Waals surface area contributed by atoms with Gasteiger partial charge in [-0.2, -0.15) is 0 Å². The second-order valence-electron chi connectivity index (χ2n) is 2.70. The molecule has 0 aliphatic rings. The fraction of sp³-hybridized carbons (Fsp3) is 0.286. The summed E-state index contributed by atoms with van der Waals surface area (Å²) in [5, 5.41) is 19.3. The number of aromatic carboxylic acids is 1. The molecule has 0 saturated carbocycles. The fourth-order valence-electron chi connectivity index (χ4n) is 0.918. The molecule has 0 radical (unpaired) electrons. The smallest absolute Gasteiger partial charge is 0.353 e. The maximum absolute atomic E-state index is 11.1. The van der Waals surface area contributed by atoms with Crippen LogP contribution < -0.4 is 5.56 Å². The van der Waals surface area contributed by atoms with E-state index in [1.165, 1.54) is 6.92 Å². The summed E-state index contributed by atoms with van der Waals surface area (Å²) in [7, 11) is 0. The third-order valence-corrected chi connectivity index (χ3v) is 1.72. The number of rotatable bonds is 3. The normalized spacial score (nSPS) is 12.4. The Hall–Kier alpha value is -2.05. The van der Waals surface area contributed by atoms with Crippen molar-refractivity contribution in [2.24, 2.45) is 0 Å². The number of nitrogens with one attached hydrogen (secondary N) is 1. The van der Waals surface area contributed by atoms with E-state index in [0.717, 1.165) is 10.7 Å². The summed E-state index contributed by atoms with van der Waals surface area (Å²) in [6.45, 7) is 1.27. The van der Waals surface area contributed by atoms with E-state index in [1.54, 1.807) is 0 Å². The van der Waals surface area contributed by atoms with Gasteiger partial charge in [-0.1, -0.05) is 0 Å². The lowest BCUT2D eigenvalue weighted by Gasteiger charge is -2.05. The van der Waals surface area contributed by atoms with Crippen LogP contribution in [-0.2, 0) is 4.79 Å². The number of hydrogen-bond donors (Lipinski definition) is 3. The molecule has 0 fully saturated rings. The summed E-state index contributed by atoms with van der Waals surface area (Å²) in [4.78, 5) is 32.0. The first kappa shape index (κ1) is 10.0. The summed E-state index contributed by atoms with van der Waals surface area (Å²) >= 11 is 0. The number of aromatic amines is 1. The van der Waals surface area contributed by atoms with Crippen LogP contribution in [0.15, 0.2) is 10.9 Å². The van der Waals surface area contributed by atoms with Crippen molar-refractivity contribution in [3.05, 3.63) is 22.1 Å². The van der Waals surface area contributed by atoms with Gasteiger partial charge >= 0.3 is 11.9 Å². The van der Waals surface area contributed by atoms with Gasteiger partial charge in [-0.05, 0) is 6.92 Å². The van der Waals surface area contributed by atoms with Crippen molar-refractivity contribution in [1.29, 1.82) is 0 Å². The van der Waals surface area contributed by atoms with Crippen LogP contribution in [0.2, 0.25) is 0 Å². The van der Waals surface area contributed by atoms with Gasteiger partial charge in [0.1, 0.15) is 11.7 Å². The lowest BCUT2D eigenvalue weighted by Crippen LogP contribution is -2.25. The average Bonchev–Trinajstić information content (AvgIpc) is 2.46. The highest BCUT2D eigenvalue weighted by molar-refractivity contribution is 5.85. The van der Waals surface area contributed by atoms with Crippen molar-refractivity contribution >= 4 is 11.9 Å². The topological polar surface area (TPSA) is 112 Å². The lowest BCUT2D eigenvalue weighted by molar-refractivity contribution is -0.140. The van der Waals surface area contributed by atoms with E-state index in [0.29, 0.717) is 0 Å². The Morgan fingerprint density at radius 2 is 2.07 bits per heavy atom. The van der Waals surface area contributed by atoms with Crippen LogP contribution in [0, 0.1) is 0 Å². The van der Waals surface area contributed by atoms with Crippen LogP contribution in [0.25, 0.3) is 0 Å². The highest BCUT2D eigenvalue weighted by Gasteiger charge is 2.18. The van der Waals surface area contributed by atoms with Gasteiger partial charge in [-0.3, -0.25) is 9.89 Å². The van der Waals surface area contributed by atoms with Crippen molar-refractivity contribution in [3.8, 4) is 0 Å². The molecule has 7 nitrogen and oxygen atoms in total. The Morgan fingerprint density at radius 1 is 1.50 bits per heavy atom. The van der Waals surface area contributed by atoms with E-state index >= 15 is 0 Å². The van der Waals surface area contributed by atoms with Gasteiger partial charge in [-0.15, -0.1) is 0 Å². The molecule has 0 bridgehead atoms. The zero-order valence-corrected chi connectivity index (χ0v) is 7.22. The van der Waals surface area contributed by atoms with Crippen LogP contribution in [0.1, 0.15) is 23.5 Å². The minimum Gasteiger partial charge on any atom is -0.480 e. The number of carboxylic acid groups (broad SMARTS) is 2. The van der Waals surface area contributed by atoms with Crippen molar-refractivity contribution in [3.63, 3.8) is 0 Å². The molecule has 3 N–H and O–H groups in total. The number of hydrogen-bond acceptors (Lipinski definition) is 3. The van der Waals surface area contributed by atoms with Crippen molar-refractivity contribution in [2.45, 2.75) is 13.0 Å². The molecule has 1 heterocycles. The van der Waals surface area contributed by atoms with Crippen molar-refractivity contribution < 1.29 is 19.8 Å². The third kappa shape index (κ3) is 1.65. The van der Waals surface area contributed by atoms with E-state index < -0.39 is 23.5 Å². The molecular formula is C7H8N2O5. The molecule has 1 aromatic heterocycles. The first-order chi connectivity index (χ1) is 6.43. The molecule has 1 atom stereocenters. The summed E-state index contributed by atoms with van der Waals surface area (Å²) in [6, 6.07) is -0.280. The first-order valence-corrected chi connectivity index (χ1v) is 3.71. The molecule has 0 spiro atoms. The van der Waals surface area contributed by atoms with E-state index in [-0.39, 0.29) is 5.69 Å².